The molecule has 2 amide bonds. The van der Waals surface area contributed by atoms with Crippen LogP contribution in [0.5, 0.6) is 0 Å². The number of carbonyl (C=O) groups is 2. The molecule has 112 valence electrons. The van der Waals surface area contributed by atoms with Gasteiger partial charge in [-0.3, -0.25) is 14.9 Å². The number of para-hydroxylation sites is 1. The van der Waals surface area contributed by atoms with Gasteiger partial charge in [0.15, 0.2) is 0 Å². The first-order valence-corrected chi connectivity index (χ1v) is 7.16. The molecular formula is C19H14N2O2. The van der Waals surface area contributed by atoms with Crippen molar-refractivity contribution >= 4 is 28.8 Å². The highest BCUT2D eigenvalue weighted by atomic mass is 16.2. The molecule has 0 unspecified atom stereocenters. The van der Waals surface area contributed by atoms with Crippen LogP contribution in [0.4, 0.5) is 0 Å². The molecule has 23 heavy (non-hydrogen) atoms. The molecule has 1 N–H and O–H groups in total. The Hall–Kier alpha value is -3.27. The Labute approximate surface area is 133 Å². The fourth-order valence-electron chi connectivity index (χ4n) is 2.15. The third-order valence-electron chi connectivity index (χ3n) is 3.29. The van der Waals surface area contributed by atoms with E-state index in [2.05, 4.69) is 10.3 Å². The van der Waals surface area contributed by atoms with Crippen LogP contribution in [-0.4, -0.2) is 16.8 Å². The molecule has 0 aliphatic carbocycles. The van der Waals surface area contributed by atoms with Crippen molar-refractivity contribution in [3.05, 3.63) is 84.1 Å². The fraction of sp³-hybridized carbons (Fsp3) is 0. The molecule has 0 bridgehead atoms. The van der Waals surface area contributed by atoms with Crippen molar-refractivity contribution in [3.8, 4) is 0 Å². The van der Waals surface area contributed by atoms with E-state index in [1.165, 1.54) is 6.08 Å². The molecule has 1 heterocycles. The average molecular weight is 302 g/mol. The van der Waals surface area contributed by atoms with Crippen molar-refractivity contribution in [1.82, 2.24) is 10.3 Å². The number of amides is 2. The molecular weight excluding hydrogens is 288 g/mol. The normalized spacial score (nSPS) is 10.8. The van der Waals surface area contributed by atoms with Gasteiger partial charge in [0.05, 0.1) is 5.52 Å². The standard InChI is InChI=1S/C19H14N2O2/c22-18(13-10-14-6-2-1-3-7-14)21-19(23)17-12-11-15-8-4-5-9-16(15)20-17/h1-13H,(H,21,22,23). The van der Waals surface area contributed by atoms with Gasteiger partial charge in [0.1, 0.15) is 5.69 Å². The minimum absolute atomic E-state index is 0.213. The van der Waals surface area contributed by atoms with Gasteiger partial charge in [-0.05, 0) is 23.8 Å². The minimum Gasteiger partial charge on any atom is -0.287 e. The summed E-state index contributed by atoms with van der Waals surface area (Å²) in [5, 5.41) is 3.25. The maximum atomic E-state index is 12.1. The van der Waals surface area contributed by atoms with E-state index < -0.39 is 11.8 Å². The van der Waals surface area contributed by atoms with E-state index in [1.807, 2.05) is 60.7 Å². The van der Waals surface area contributed by atoms with Crippen LogP contribution in [0.1, 0.15) is 16.1 Å². The van der Waals surface area contributed by atoms with E-state index in [-0.39, 0.29) is 5.69 Å². The van der Waals surface area contributed by atoms with Crippen LogP contribution >= 0.6 is 0 Å². The number of benzene rings is 2. The lowest BCUT2D eigenvalue weighted by atomic mass is 10.2. The van der Waals surface area contributed by atoms with E-state index >= 15 is 0 Å². The van der Waals surface area contributed by atoms with Crippen LogP contribution in [-0.2, 0) is 4.79 Å². The highest BCUT2D eigenvalue weighted by Crippen LogP contribution is 2.11. The van der Waals surface area contributed by atoms with E-state index in [9.17, 15) is 9.59 Å². The molecule has 0 radical (unpaired) electrons. The number of imide groups is 1. The summed E-state index contributed by atoms with van der Waals surface area (Å²) < 4.78 is 0. The first-order chi connectivity index (χ1) is 11.2. The third kappa shape index (κ3) is 3.68. The van der Waals surface area contributed by atoms with Gasteiger partial charge in [-0.25, -0.2) is 4.98 Å². The molecule has 0 saturated heterocycles. The Morgan fingerprint density at radius 3 is 2.43 bits per heavy atom. The quantitative estimate of drug-likeness (QED) is 0.756. The summed E-state index contributed by atoms with van der Waals surface area (Å²) in [6, 6.07) is 20.3. The number of rotatable bonds is 3. The zero-order valence-electron chi connectivity index (χ0n) is 12.3. The smallest absolute Gasteiger partial charge is 0.276 e. The minimum atomic E-state index is -0.515. The number of nitrogens with one attached hydrogen (secondary N) is 1. The van der Waals surface area contributed by atoms with Crippen LogP contribution in [0.3, 0.4) is 0 Å². The van der Waals surface area contributed by atoms with Crippen LogP contribution in [0.25, 0.3) is 17.0 Å². The van der Waals surface area contributed by atoms with Crippen molar-refractivity contribution in [3.63, 3.8) is 0 Å². The van der Waals surface area contributed by atoms with Gasteiger partial charge in [0, 0.05) is 11.5 Å². The molecule has 1 aromatic heterocycles. The van der Waals surface area contributed by atoms with Crippen molar-refractivity contribution in [2.45, 2.75) is 0 Å². The predicted octanol–water partition coefficient (Wildman–Crippen LogP) is 3.20. The van der Waals surface area contributed by atoms with Crippen LogP contribution in [0, 0.1) is 0 Å². The molecule has 0 saturated carbocycles. The molecule has 0 spiro atoms. The number of hydrogen-bond donors (Lipinski definition) is 1. The second-order valence-electron chi connectivity index (χ2n) is 4.95. The van der Waals surface area contributed by atoms with Gasteiger partial charge < -0.3 is 0 Å². The summed E-state index contributed by atoms with van der Waals surface area (Å²) in [4.78, 5) is 28.2. The second kappa shape index (κ2) is 6.66. The zero-order chi connectivity index (χ0) is 16.1. The van der Waals surface area contributed by atoms with Crippen LogP contribution in [0.15, 0.2) is 72.8 Å². The molecule has 0 fully saturated rings. The lowest BCUT2D eigenvalue weighted by molar-refractivity contribution is -0.115. The molecule has 3 rings (SSSR count). The van der Waals surface area contributed by atoms with E-state index in [1.54, 1.807) is 12.1 Å². The van der Waals surface area contributed by atoms with Crippen molar-refractivity contribution < 1.29 is 9.59 Å². The van der Waals surface area contributed by atoms with Gasteiger partial charge in [-0.1, -0.05) is 54.6 Å². The Balaban J connectivity index is 1.70. The summed E-state index contributed by atoms with van der Waals surface area (Å²) in [6.07, 6.45) is 2.98. The maximum absolute atomic E-state index is 12.1. The topological polar surface area (TPSA) is 59.1 Å². The summed E-state index contributed by atoms with van der Waals surface area (Å²) in [7, 11) is 0. The number of carbonyl (C=O) groups excluding carboxylic acids is 2. The highest BCUT2D eigenvalue weighted by Gasteiger charge is 2.10. The van der Waals surface area contributed by atoms with E-state index in [0.29, 0.717) is 5.52 Å². The summed E-state index contributed by atoms with van der Waals surface area (Å²) in [5.74, 6) is -0.993. The van der Waals surface area contributed by atoms with E-state index in [0.717, 1.165) is 10.9 Å². The van der Waals surface area contributed by atoms with Gasteiger partial charge in [0.25, 0.3) is 11.8 Å². The number of pyridine rings is 1. The average Bonchev–Trinajstić information content (AvgIpc) is 2.60. The van der Waals surface area contributed by atoms with Gasteiger partial charge in [-0.2, -0.15) is 0 Å². The predicted molar refractivity (Wildman–Crippen MR) is 89.7 cm³/mol. The summed E-state index contributed by atoms with van der Waals surface area (Å²) in [5.41, 5.74) is 1.82. The number of aromatic nitrogens is 1. The lowest BCUT2D eigenvalue weighted by Gasteiger charge is -2.02. The van der Waals surface area contributed by atoms with Gasteiger partial charge >= 0.3 is 0 Å². The number of nitrogens with zero attached hydrogens (tertiary/aromatic N) is 1. The van der Waals surface area contributed by atoms with Crippen molar-refractivity contribution in [1.29, 1.82) is 0 Å². The molecule has 0 atom stereocenters. The first-order valence-electron chi connectivity index (χ1n) is 7.16. The van der Waals surface area contributed by atoms with Gasteiger partial charge in [-0.15, -0.1) is 0 Å². The van der Waals surface area contributed by atoms with Gasteiger partial charge in [0.2, 0.25) is 0 Å². The number of fused-ring (bicyclic) bond motifs is 1. The van der Waals surface area contributed by atoms with Crippen LogP contribution < -0.4 is 5.32 Å². The lowest BCUT2D eigenvalue weighted by Crippen LogP contribution is -2.29. The molecule has 0 aliphatic heterocycles. The Morgan fingerprint density at radius 1 is 0.870 bits per heavy atom. The Kier molecular flexibility index (Phi) is 4.25. The Bertz CT molecular complexity index is 886. The fourth-order valence-corrected chi connectivity index (χ4v) is 2.15. The van der Waals surface area contributed by atoms with Crippen molar-refractivity contribution in [2.24, 2.45) is 0 Å². The first kappa shape index (κ1) is 14.7. The van der Waals surface area contributed by atoms with E-state index in [4.69, 9.17) is 0 Å². The Morgan fingerprint density at radius 2 is 1.61 bits per heavy atom. The summed E-state index contributed by atoms with van der Waals surface area (Å²) >= 11 is 0. The van der Waals surface area contributed by atoms with Crippen LogP contribution in [0.2, 0.25) is 0 Å². The number of hydrogen-bond acceptors (Lipinski definition) is 3. The second-order valence-corrected chi connectivity index (χ2v) is 4.95. The molecule has 4 nitrogen and oxygen atoms in total. The SMILES string of the molecule is O=C(C=Cc1ccccc1)NC(=O)c1ccc2ccccc2n1. The molecule has 2 aromatic carbocycles. The molecule has 3 aromatic rings. The van der Waals surface area contributed by atoms with Crippen molar-refractivity contribution in [2.75, 3.05) is 0 Å². The molecule has 0 aliphatic rings. The molecule has 4 heteroatoms. The summed E-state index contributed by atoms with van der Waals surface area (Å²) in [6.45, 7) is 0. The largest absolute Gasteiger partial charge is 0.287 e. The third-order valence-corrected chi connectivity index (χ3v) is 3.29. The maximum Gasteiger partial charge on any atom is 0.276 e. The highest BCUT2D eigenvalue weighted by molar-refractivity contribution is 6.08. The zero-order valence-corrected chi connectivity index (χ0v) is 12.3. The monoisotopic (exact) mass is 302 g/mol.